The number of rotatable bonds is 5. The van der Waals surface area contributed by atoms with E-state index in [0.29, 0.717) is 24.4 Å². The lowest BCUT2D eigenvalue weighted by Gasteiger charge is -2.40. The molecule has 0 radical (unpaired) electrons. The molecule has 0 aliphatic carbocycles. The first-order valence-electron chi connectivity index (χ1n) is 7.29. The Morgan fingerprint density at radius 2 is 2.10 bits per heavy atom. The summed E-state index contributed by atoms with van der Waals surface area (Å²) < 4.78 is 11.1. The van der Waals surface area contributed by atoms with Gasteiger partial charge in [-0.05, 0) is 38.4 Å². The highest BCUT2D eigenvalue weighted by Gasteiger charge is 2.32. The summed E-state index contributed by atoms with van der Waals surface area (Å²) in [6, 6.07) is 0.512. The first-order chi connectivity index (χ1) is 9.41. The van der Waals surface area contributed by atoms with Crippen molar-refractivity contribution < 1.29 is 9.26 Å². The van der Waals surface area contributed by atoms with Crippen LogP contribution in [0.4, 0.5) is 5.95 Å². The van der Waals surface area contributed by atoms with E-state index in [1.54, 1.807) is 0 Å². The van der Waals surface area contributed by atoms with E-state index in [1.165, 1.54) is 0 Å². The Kier molecular flexibility index (Phi) is 4.65. The molecular formula is C14H26N4O2. The zero-order valence-corrected chi connectivity index (χ0v) is 13.2. The summed E-state index contributed by atoms with van der Waals surface area (Å²) in [5.74, 6) is 1.31. The minimum atomic E-state index is -0.0417. The Balaban J connectivity index is 2.00. The summed E-state index contributed by atoms with van der Waals surface area (Å²) >= 11 is 0. The van der Waals surface area contributed by atoms with Crippen molar-refractivity contribution in [1.29, 1.82) is 0 Å². The highest BCUT2D eigenvalue weighted by Crippen LogP contribution is 2.28. The Hall–Kier alpha value is -1.14. The van der Waals surface area contributed by atoms with Crippen molar-refractivity contribution in [3.05, 3.63) is 5.89 Å². The molecule has 1 unspecified atom stereocenters. The van der Waals surface area contributed by atoms with Crippen molar-refractivity contribution in [1.82, 2.24) is 15.0 Å². The summed E-state index contributed by atoms with van der Waals surface area (Å²) in [4.78, 5) is 8.65. The van der Waals surface area contributed by atoms with Crippen molar-refractivity contribution in [3.8, 4) is 0 Å². The zero-order chi connectivity index (χ0) is 14.8. The van der Waals surface area contributed by atoms with Crippen LogP contribution in [-0.2, 0) is 11.3 Å². The van der Waals surface area contributed by atoms with Crippen LogP contribution in [0.3, 0.4) is 0 Å². The molecule has 0 saturated carbocycles. The summed E-state index contributed by atoms with van der Waals surface area (Å²) in [6.07, 6.45) is 2.10. The molecule has 0 amide bonds. The molecule has 0 aromatic carbocycles. The van der Waals surface area contributed by atoms with E-state index in [1.807, 2.05) is 19.0 Å². The van der Waals surface area contributed by atoms with Gasteiger partial charge >= 0.3 is 0 Å². The predicted octanol–water partition coefficient (Wildman–Crippen LogP) is 1.92. The van der Waals surface area contributed by atoms with Crippen LogP contribution in [0.1, 0.15) is 39.5 Å². The maximum atomic E-state index is 5.79. The molecular weight excluding hydrogens is 256 g/mol. The van der Waals surface area contributed by atoms with Crippen LogP contribution in [0, 0.1) is 0 Å². The summed E-state index contributed by atoms with van der Waals surface area (Å²) in [6.45, 7) is 8.98. The Bertz CT molecular complexity index is 431. The number of nitrogens with zero attached hydrogens (tertiary/aromatic N) is 4. The highest BCUT2D eigenvalue weighted by molar-refractivity contribution is 5.23. The fraction of sp³-hybridized carbons (Fsp3) is 0.857. The molecule has 6 heteroatoms. The molecule has 0 bridgehead atoms. The molecule has 1 aromatic heterocycles. The van der Waals surface area contributed by atoms with Crippen LogP contribution in [0.25, 0.3) is 0 Å². The summed E-state index contributed by atoms with van der Waals surface area (Å²) in [5.41, 5.74) is -0.0417. The molecule has 20 heavy (non-hydrogen) atoms. The average Bonchev–Trinajstić information content (AvgIpc) is 2.83. The molecule has 114 valence electrons. The first kappa shape index (κ1) is 15.3. The van der Waals surface area contributed by atoms with Crippen LogP contribution >= 0.6 is 0 Å². The monoisotopic (exact) mass is 282 g/mol. The lowest BCUT2D eigenvalue weighted by molar-refractivity contribution is -0.0848. The third-order valence-electron chi connectivity index (χ3n) is 3.79. The molecule has 2 rings (SSSR count). The normalized spacial score (nSPS) is 22.2. The van der Waals surface area contributed by atoms with Crippen molar-refractivity contribution in [2.24, 2.45) is 0 Å². The fourth-order valence-electron chi connectivity index (χ4n) is 2.68. The first-order valence-corrected chi connectivity index (χ1v) is 7.29. The molecule has 1 aliphatic heterocycles. The van der Waals surface area contributed by atoms with Gasteiger partial charge in [-0.2, -0.15) is 4.98 Å². The number of ether oxygens (including phenoxy) is 1. The quantitative estimate of drug-likeness (QED) is 0.822. The van der Waals surface area contributed by atoms with Gasteiger partial charge in [0.1, 0.15) is 0 Å². The molecule has 1 atom stereocenters. The van der Waals surface area contributed by atoms with Gasteiger partial charge in [-0.3, -0.25) is 4.90 Å². The van der Waals surface area contributed by atoms with Crippen LogP contribution in [0.15, 0.2) is 4.52 Å². The van der Waals surface area contributed by atoms with Gasteiger partial charge in [0, 0.05) is 26.7 Å². The van der Waals surface area contributed by atoms with Crippen molar-refractivity contribution >= 4 is 5.95 Å². The van der Waals surface area contributed by atoms with E-state index < -0.39 is 0 Å². The van der Waals surface area contributed by atoms with Crippen LogP contribution in [0.5, 0.6) is 0 Å². The second kappa shape index (κ2) is 6.10. The van der Waals surface area contributed by atoms with Crippen molar-refractivity contribution in [3.63, 3.8) is 0 Å². The largest absolute Gasteiger partial charge is 0.375 e. The third kappa shape index (κ3) is 3.70. The van der Waals surface area contributed by atoms with Crippen molar-refractivity contribution in [2.45, 2.75) is 51.8 Å². The predicted molar refractivity (Wildman–Crippen MR) is 77.8 cm³/mol. The minimum Gasteiger partial charge on any atom is -0.375 e. The molecule has 1 aliphatic rings. The van der Waals surface area contributed by atoms with E-state index in [4.69, 9.17) is 9.26 Å². The minimum absolute atomic E-state index is 0.0417. The maximum absolute atomic E-state index is 5.79. The van der Waals surface area contributed by atoms with E-state index >= 15 is 0 Å². The molecule has 6 nitrogen and oxygen atoms in total. The van der Waals surface area contributed by atoms with Gasteiger partial charge in [-0.25, -0.2) is 0 Å². The second-order valence-corrected chi connectivity index (χ2v) is 6.20. The molecule has 0 spiro atoms. The summed E-state index contributed by atoms with van der Waals surface area (Å²) in [5, 5.41) is 3.97. The number of hydrogen-bond acceptors (Lipinski definition) is 6. The highest BCUT2D eigenvalue weighted by atomic mass is 16.5. The number of aromatic nitrogens is 2. The van der Waals surface area contributed by atoms with E-state index in [0.717, 1.165) is 26.0 Å². The Labute approximate surface area is 121 Å². The van der Waals surface area contributed by atoms with Gasteiger partial charge in [0.05, 0.1) is 12.1 Å². The molecule has 0 N–H and O–H groups in total. The average molecular weight is 282 g/mol. The molecule has 1 fully saturated rings. The molecule has 1 saturated heterocycles. The van der Waals surface area contributed by atoms with E-state index in [9.17, 15) is 0 Å². The summed E-state index contributed by atoms with van der Waals surface area (Å²) in [7, 11) is 3.82. The van der Waals surface area contributed by atoms with Gasteiger partial charge in [0.15, 0.2) is 0 Å². The Morgan fingerprint density at radius 3 is 2.65 bits per heavy atom. The molecule has 2 heterocycles. The zero-order valence-electron chi connectivity index (χ0n) is 13.2. The van der Waals surface area contributed by atoms with Gasteiger partial charge in [-0.15, -0.1) is 0 Å². The lowest BCUT2D eigenvalue weighted by Crippen LogP contribution is -2.45. The fourth-order valence-corrected chi connectivity index (χ4v) is 2.68. The SMILES string of the molecule is CCN(Cc1nc(N(C)C)no1)C1CCOC(C)(C)C1. The number of hydrogen-bond donors (Lipinski definition) is 0. The van der Waals surface area contributed by atoms with Crippen LogP contribution < -0.4 is 4.90 Å². The van der Waals surface area contributed by atoms with Gasteiger partial charge < -0.3 is 14.2 Å². The molecule has 1 aromatic rings. The van der Waals surface area contributed by atoms with Crippen LogP contribution in [-0.4, -0.2) is 53.9 Å². The Morgan fingerprint density at radius 1 is 1.35 bits per heavy atom. The second-order valence-electron chi connectivity index (χ2n) is 6.20. The lowest BCUT2D eigenvalue weighted by atomic mass is 9.93. The topological polar surface area (TPSA) is 54.6 Å². The maximum Gasteiger partial charge on any atom is 0.265 e. The van der Waals surface area contributed by atoms with E-state index in [-0.39, 0.29) is 5.60 Å². The third-order valence-corrected chi connectivity index (χ3v) is 3.79. The van der Waals surface area contributed by atoms with Gasteiger partial charge in [0.25, 0.3) is 5.95 Å². The van der Waals surface area contributed by atoms with Crippen molar-refractivity contribution in [2.75, 3.05) is 32.1 Å². The van der Waals surface area contributed by atoms with Gasteiger partial charge in [0.2, 0.25) is 5.89 Å². The van der Waals surface area contributed by atoms with Gasteiger partial charge in [-0.1, -0.05) is 6.92 Å². The van der Waals surface area contributed by atoms with Crippen LogP contribution in [0.2, 0.25) is 0 Å². The standard InChI is InChI=1S/C14H26N4O2/c1-6-18(11-7-8-19-14(2,3)9-11)10-12-15-13(16-20-12)17(4)5/h11H,6-10H2,1-5H3. The number of anilines is 1. The van der Waals surface area contributed by atoms with E-state index in [2.05, 4.69) is 35.8 Å². The smallest absolute Gasteiger partial charge is 0.265 e.